The standard InChI is InChI=1S/C15H23N3OS/c1-11(2)9-17-5-7-18(8-6-17)15-16-14(12-3-4-12)13(10-19)20-15/h10-12H,3-9H2,1-2H3. The van der Waals surface area contributed by atoms with E-state index in [1.54, 1.807) is 11.3 Å². The zero-order valence-corrected chi connectivity index (χ0v) is 13.2. The van der Waals surface area contributed by atoms with Crippen molar-refractivity contribution < 1.29 is 4.79 Å². The summed E-state index contributed by atoms with van der Waals surface area (Å²) in [7, 11) is 0. The van der Waals surface area contributed by atoms with Gasteiger partial charge < -0.3 is 4.90 Å². The highest BCUT2D eigenvalue weighted by Gasteiger charge is 2.31. The average molecular weight is 293 g/mol. The largest absolute Gasteiger partial charge is 0.346 e. The molecule has 0 spiro atoms. The SMILES string of the molecule is CC(C)CN1CCN(c2nc(C3CC3)c(C=O)s2)CC1. The van der Waals surface area contributed by atoms with Crippen molar-refractivity contribution in [2.75, 3.05) is 37.6 Å². The van der Waals surface area contributed by atoms with Crippen LogP contribution >= 0.6 is 11.3 Å². The molecule has 0 atom stereocenters. The lowest BCUT2D eigenvalue weighted by Crippen LogP contribution is -2.47. The van der Waals surface area contributed by atoms with Crippen molar-refractivity contribution in [2.24, 2.45) is 5.92 Å². The van der Waals surface area contributed by atoms with E-state index in [2.05, 4.69) is 23.6 Å². The molecule has 1 aromatic rings. The van der Waals surface area contributed by atoms with Gasteiger partial charge in [-0.15, -0.1) is 0 Å². The lowest BCUT2D eigenvalue weighted by Gasteiger charge is -2.35. The maximum Gasteiger partial charge on any atom is 0.186 e. The second-order valence-corrected chi connectivity index (χ2v) is 7.33. The van der Waals surface area contributed by atoms with Crippen molar-refractivity contribution in [1.82, 2.24) is 9.88 Å². The van der Waals surface area contributed by atoms with E-state index in [4.69, 9.17) is 4.98 Å². The predicted molar refractivity (Wildman–Crippen MR) is 83.0 cm³/mol. The van der Waals surface area contributed by atoms with Gasteiger partial charge in [-0.3, -0.25) is 9.69 Å². The van der Waals surface area contributed by atoms with E-state index in [-0.39, 0.29) is 0 Å². The van der Waals surface area contributed by atoms with Gasteiger partial charge in [0.15, 0.2) is 11.4 Å². The average Bonchev–Trinajstić information content (AvgIpc) is 3.18. The van der Waals surface area contributed by atoms with Crippen LogP contribution in [0.3, 0.4) is 0 Å². The maximum absolute atomic E-state index is 11.2. The second-order valence-electron chi connectivity index (χ2n) is 6.32. The van der Waals surface area contributed by atoms with Gasteiger partial charge in [0.1, 0.15) is 0 Å². The van der Waals surface area contributed by atoms with Crippen LogP contribution in [0.25, 0.3) is 0 Å². The summed E-state index contributed by atoms with van der Waals surface area (Å²) in [6.07, 6.45) is 3.39. The minimum atomic E-state index is 0.558. The third-order valence-electron chi connectivity index (χ3n) is 4.01. The molecule has 2 aliphatic rings. The summed E-state index contributed by atoms with van der Waals surface area (Å²) in [5, 5.41) is 1.05. The number of piperazine rings is 1. The molecule has 0 bridgehead atoms. The molecule has 1 saturated heterocycles. The number of carbonyl (C=O) groups excluding carboxylic acids is 1. The van der Waals surface area contributed by atoms with Crippen LogP contribution in [0.2, 0.25) is 0 Å². The minimum absolute atomic E-state index is 0.558. The third-order valence-corrected chi connectivity index (χ3v) is 5.06. The van der Waals surface area contributed by atoms with Crippen LogP contribution in [0.5, 0.6) is 0 Å². The van der Waals surface area contributed by atoms with E-state index in [0.717, 1.165) is 54.1 Å². The molecule has 2 fully saturated rings. The maximum atomic E-state index is 11.2. The summed E-state index contributed by atoms with van der Waals surface area (Å²) < 4.78 is 0. The molecular weight excluding hydrogens is 270 g/mol. The second kappa shape index (κ2) is 5.82. The molecule has 1 aliphatic heterocycles. The summed E-state index contributed by atoms with van der Waals surface area (Å²) in [5.41, 5.74) is 1.06. The monoisotopic (exact) mass is 293 g/mol. The number of aldehydes is 1. The van der Waals surface area contributed by atoms with Gasteiger partial charge in [-0.05, 0) is 18.8 Å². The topological polar surface area (TPSA) is 36.4 Å². The summed E-state index contributed by atoms with van der Waals surface area (Å²) >= 11 is 1.58. The molecule has 0 radical (unpaired) electrons. The number of nitrogens with zero attached hydrogens (tertiary/aromatic N) is 3. The molecule has 0 N–H and O–H groups in total. The number of thiazole rings is 1. The quantitative estimate of drug-likeness (QED) is 0.782. The molecule has 1 saturated carbocycles. The number of carbonyl (C=O) groups is 1. The van der Waals surface area contributed by atoms with E-state index in [1.807, 2.05) is 0 Å². The van der Waals surface area contributed by atoms with Crippen LogP contribution in [0.1, 0.15) is 48.0 Å². The smallest absolute Gasteiger partial charge is 0.186 e. The Kier molecular flexibility index (Phi) is 4.08. The first-order chi connectivity index (χ1) is 9.67. The summed E-state index contributed by atoms with van der Waals surface area (Å²) in [5.74, 6) is 1.28. The molecule has 1 aromatic heterocycles. The van der Waals surface area contributed by atoms with Gasteiger partial charge in [-0.1, -0.05) is 25.2 Å². The van der Waals surface area contributed by atoms with Gasteiger partial charge in [0.25, 0.3) is 0 Å². The van der Waals surface area contributed by atoms with E-state index in [0.29, 0.717) is 5.92 Å². The highest BCUT2D eigenvalue weighted by Crippen LogP contribution is 2.43. The Hall–Kier alpha value is -0.940. The molecule has 110 valence electrons. The van der Waals surface area contributed by atoms with Crippen LogP contribution in [0, 0.1) is 5.92 Å². The first kappa shape index (κ1) is 14.0. The van der Waals surface area contributed by atoms with Gasteiger partial charge in [0, 0.05) is 38.6 Å². The minimum Gasteiger partial charge on any atom is -0.346 e. The molecule has 2 heterocycles. The first-order valence-electron chi connectivity index (χ1n) is 7.60. The predicted octanol–water partition coefficient (Wildman–Crippen LogP) is 2.61. The normalized spacial score (nSPS) is 20.6. The Morgan fingerprint density at radius 2 is 2.00 bits per heavy atom. The third kappa shape index (κ3) is 3.04. The molecular formula is C15H23N3OS. The molecule has 0 aromatic carbocycles. The van der Waals surface area contributed by atoms with Gasteiger partial charge in [-0.2, -0.15) is 0 Å². The van der Waals surface area contributed by atoms with Gasteiger partial charge in [0.05, 0.1) is 10.6 Å². The van der Waals surface area contributed by atoms with E-state index < -0.39 is 0 Å². The van der Waals surface area contributed by atoms with Crippen LogP contribution in [-0.2, 0) is 0 Å². The van der Waals surface area contributed by atoms with Crippen molar-refractivity contribution >= 4 is 22.8 Å². The number of hydrogen-bond donors (Lipinski definition) is 0. The molecule has 20 heavy (non-hydrogen) atoms. The zero-order valence-electron chi connectivity index (χ0n) is 12.3. The Morgan fingerprint density at radius 1 is 1.30 bits per heavy atom. The molecule has 5 heteroatoms. The Bertz CT molecular complexity index is 473. The van der Waals surface area contributed by atoms with E-state index >= 15 is 0 Å². The first-order valence-corrected chi connectivity index (χ1v) is 8.42. The Morgan fingerprint density at radius 3 is 2.55 bits per heavy atom. The lowest BCUT2D eigenvalue weighted by atomic mass is 10.2. The zero-order chi connectivity index (χ0) is 14.1. The van der Waals surface area contributed by atoms with Gasteiger partial charge in [-0.25, -0.2) is 4.98 Å². The van der Waals surface area contributed by atoms with Crippen molar-refractivity contribution in [3.63, 3.8) is 0 Å². The fourth-order valence-corrected chi connectivity index (χ4v) is 3.86. The molecule has 0 unspecified atom stereocenters. The lowest BCUT2D eigenvalue weighted by molar-refractivity contribution is 0.112. The number of aromatic nitrogens is 1. The summed E-state index contributed by atoms with van der Waals surface area (Å²) in [4.78, 5) is 21.6. The Balaban J connectivity index is 1.64. The number of hydrogen-bond acceptors (Lipinski definition) is 5. The summed E-state index contributed by atoms with van der Waals surface area (Å²) in [6.45, 7) is 9.99. The fourth-order valence-electron chi connectivity index (χ4n) is 2.84. The van der Waals surface area contributed by atoms with Crippen LogP contribution < -0.4 is 4.90 Å². The Labute approximate surface area is 124 Å². The van der Waals surface area contributed by atoms with E-state index in [9.17, 15) is 4.79 Å². The number of anilines is 1. The van der Waals surface area contributed by atoms with E-state index in [1.165, 1.54) is 19.4 Å². The van der Waals surface area contributed by atoms with Crippen molar-refractivity contribution in [1.29, 1.82) is 0 Å². The molecule has 3 rings (SSSR count). The van der Waals surface area contributed by atoms with Gasteiger partial charge >= 0.3 is 0 Å². The molecule has 4 nitrogen and oxygen atoms in total. The summed E-state index contributed by atoms with van der Waals surface area (Å²) in [6, 6.07) is 0. The fraction of sp³-hybridized carbons (Fsp3) is 0.733. The highest BCUT2D eigenvalue weighted by molar-refractivity contribution is 7.17. The van der Waals surface area contributed by atoms with Crippen LogP contribution in [0.15, 0.2) is 0 Å². The molecule has 0 amide bonds. The number of rotatable bonds is 5. The van der Waals surface area contributed by atoms with Gasteiger partial charge in [0.2, 0.25) is 0 Å². The van der Waals surface area contributed by atoms with Crippen molar-refractivity contribution in [3.8, 4) is 0 Å². The molecule has 1 aliphatic carbocycles. The van der Waals surface area contributed by atoms with Crippen molar-refractivity contribution in [2.45, 2.75) is 32.6 Å². The van der Waals surface area contributed by atoms with Crippen molar-refractivity contribution in [3.05, 3.63) is 10.6 Å². The van der Waals surface area contributed by atoms with Crippen LogP contribution in [-0.4, -0.2) is 48.9 Å². The highest BCUT2D eigenvalue weighted by atomic mass is 32.1. The van der Waals surface area contributed by atoms with Crippen LogP contribution in [0.4, 0.5) is 5.13 Å².